The van der Waals surface area contributed by atoms with E-state index in [0.29, 0.717) is 16.1 Å². The largest absolute Gasteiger partial charge is 0.507 e. The molecule has 0 spiro atoms. The Kier molecular flexibility index (Phi) is 2.05. The number of aromatic hydroxyl groups is 1. The topological polar surface area (TPSA) is 72.3 Å². The number of phenols is 1. The lowest BCUT2D eigenvalue weighted by molar-refractivity contribution is 0.436. The van der Waals surface area contributed by atoms with Crippen LogP contribution in [-0.2, 0) is 0 Å². The van der Waals surface area contributed by atoms with Crippen LogP contribution in [0.1, 0.15) is 0 Å². The molecule has 0 saturated carbocycles. The Balaban J connectivity index is 2.62. The number of nitrogens with zero attached hydrogens (tertiary/aromatic N) is 1. The molecule has 1 aromatic heterocycles. The molecule has 1 aromatic carbocycles. The molecule has 5 heteroatoms. The van der Waals surface area contributed by atoms with Gasteiger partial charge in [-0.05, 0) is 18.2 Å². The van der Waals surface area contributed by atoms with Crippen molar-refractivity contribution in [1.82, 2.24) is 5.16 Å². The summed E-state index contributed by atoms with van der Waals surface area (Å²) in [4.78, 5) is 0. The minimum atomic E-state index is 0.0873. The summed E-state index contributed by atoms with van der Waals surface area (Å²) in [6, 6.07) is 4.67. The maximum atomic E-state index is 9.55. The van der Waals surface area contributed by atoms with Gasteiger partial charge in [0.05, 0.1) is 11.8 Å². The van der Waals surface area contributed by atoms with Gasteiger partial charge in [0.15, 0.2) is 0 Å². The first-order valence-electron chi connectivity index (χ1n) is 3.87. The molecule has 0 amide bonds. The maximum absolute atomic E-state index is 9.55. The lowest BCUT2D eigenvalue weighted by Crippen LogP contribution is -1.85. The highest BCUT2D eigenvalue weighted by Crippen LogP contribution is 2.34. The van der Waals surface area contributed by atoms with E-state index in [0.717, 1.165) is 0 Å². The number of aromatic nitrogens is 1. The van der Waals surface area contributed by atoms with Gasteiger partial charge in [-0.15, -0.1) is 0 Å². The van der Waals surface area contributed by atoms with Crippen molar-refractivity contribution in [2.75, 3.05) is 5.73 Å². The molecule has 0 aliphatic carbocycles. The second kappa shape index (κ2) is 3.23. The Bertz CT molecular complexity index is 468. The number of nitrogens with two attached hydrogens (primary N) is 1. The number of phenolic OH excluding ortho intramolecular Hbond substituents is 1. The fourth-order valence-corrected chi connectivity index (χ4v) is 1.35. The maximum Gasteiger partial charge on any atom is 0.230 e. The van der Waals surface area contributed by atoms with Crippen LogP contribution in [0, 0.1) is 0 Å². The Morgan fingerprint density at radius 2 is 2.14 bits per heavy atom. The van der Waals surface area contributed by atoms with Crippen LogP contribution in [0.4, 0.5) is 5.88 Å². The third-order valence-corrected chi connectivity index (χ3v) is 2.08. The van der Waals surface area contributed by atoms with Gasteiger partial charge in [0.1, 0.15) is 5.75 Å². The fourth-order valence-electron chi connectivity index (χ4n) is 1.17. The molecule has 0 aliphatic heterocycles. The van der Waals surface area contributed by atoms with Gasteiger partial charge < -0.3 is 15.4 Å². The Hall–Kier alpha value is -1.68. The van der Waals surface area contributed by atoms with E-state index in [4.69, 9.17) is 17.3 Å². The number of hydrogen-bond acceptors (Lipinski definition) is 4. The van der Waals surface area contributed by atoms with E-state index in [1.54, 1.807) is 12.1 Å². The molecule has 72 valence electrons. The predicted octanol–water partition coefficient (Wildman–Crippen LogP) is 2.28. The molecule has 3 N–H and O–H groups in total. The molecule has 0 atom stereocenters. The van der Waals surface area contributed by atoms with Gasteiger partial charge in [-0.2, -0.15) is 0 Å². The molecular weight excluding hydrogens is 204 g/mol. The molecule has 4 nitrogen and oxygen atoms in total. The zero-order chi connectivity index (χ0) is 10.1. The van der Waals surface area contributed by atoms with Gasteiger partial charge in [-0.25, -0.2) is 0 Å². The zero-order valence-electron chi connectivity index (χ0n) is 7.07. The number of nitrogen functional groups attached to an aromatic ring is 1. The molecule has 0 aliphatic rings. The second-order valence-corrected chi connectivity index (χ2v) is 3.20. The minimum absolute atomic E-state index is 0.0873. The van der Waals surface area contributed by atoms with Crippen molar-refractivity contribution in [3.8, 4) is 16.9 Å². The highest BCUT2D eigenvalue weighted by Gasteiger charge is 2.11. The van der Waals surface area contributed by atoms with E-state index >= 15 is 0 Å². The summed E-state index contributed by atoms with van der Waals surface area (Å²) in [5, 5.41) is 13.6. The molecule has 14 heavy (non-hydrogen) atoms. The van der Waals surface area contributed by atoms with Crippen LogP contribution in [-0.4, -0.2) is 10.3 Å². The van der Waals surface area contributed by atoms with Crippen LogP contribution in [0.25, 0.3) is 11.1 Å². The molecule has 0 radical (unpaired) electrons. The van der Waals surface area contributed by atoms with E-state index in [1.807, 2.05) is 0 Å². The lowest BCUT2D eigenvalue weighted by Gasteiger charge is -2.01. The minimum Gasteiger partial charge on any atom is -0.507 e. The number of benzene rings is 1. The molecular formula is C9H7ClN2O2. The third kappa shape index (κ3) is 1.40. The van der Waals surface area contributed by atoms with E-state index < -0.39 is 0 Å². The lowest BCUT2D eigenvalue weighted by atomic mass is 10.1. The second-order valence-electron chi connectivity index (χ2n) is 2.77. The van der Waals surface area contributed by atoms with E-state index in [9.17, 15) is 5.11 Å². The predicted molar refractivity (Wildman–Crippen MR) is 53.0 cm³/mol. The van der Waals surface area contributed by atoms with Gasteiger partial charge in [0, 0.05) is 10.6 Å². The first-order chi connectivity index (χ1) is 6.68. The Morgan fingerprint density at radius 1 is 1.36 bits per heavy atom. The number of anilines is 1. The summed E-state index contributed by atoms with van der Waals surface area (Å²) in [5.41, 5.74) is 6.55. The van der Waals surface area contributed by atoms with Crippen LogP contribution < -0.4 is 5.73 Å². The summed E-state index contributed by atoms with van der Waals surface area (Å²) < 4.78 is 4.69. The summed E-state index contributed by atoms with van der Waals surface area (Å²) in [5.74, 6) is 0.242. The highest BCUT2D eigenvalue weighted by atomic mass is 35.5. The first-order valence-corrected chi connectivity index (χ1v) is 4.25. The van der Waals surface area contributed by atoms with Crippen LogP contribution in [0.3, 0.4) is 0 Å². The first kappa shape index (κ1) is 8.90. The van der Waals surface area contributed by atoms with Crippen molar-refractivity contribution in [1.29, 1.82) is 0 Å². The monoisotopic (exact) mass is 210 g/mol. The zero-order valence-corrected chi connectivity index (χ0v) is 7.82. The highest BCUT2D eigenvalue weighted by molar-refractivity contribution is 6.31. The average Bonchev–Trinajstić information content (AvgIpc) is 2.56. The van der Waals surface area contributed by atoms with E-state index in [2.05, 4.69) is 9.68 Å². The van der Waals surface area contributed by atoms with Gasteiger partial charge in [0.25, 0.3) is 0 Å². The molecule has 0 saturated heterocycles. The van der Waals surface area contributed by atoms with Crippen molar-refractivity contribution in [2.45, 2.75) is 0 Å². The third-order valence-electron chi connectivity index (χ3n) is 1.85. The molecule has 0 fully saturated rings. The fraction of sp³-hybridized carbons (Fsp3) is 0. The summed E-state index contributed by atoms with van der Waals surface area (Å²) in [6.45, 7) is 0. The number of halogens is 1. The standard InChI is InChI=1S/C9H7ClN2O2/c10-5-1-2-8(13)6(3-5)7-4-12-14-9(7)11/h1-4,13H,11H2. The quantitative estimate of drug-likeness (QED) is 0.758. The number of hydrogen-bond donors (Lipinski definition) is 2. The summed E-state index contributed by atoms with van der Waals surface area (Å²) in [7, 11) is 0. The molecule has 2 aromatic rings. The summed E-state index contributed by atoms with van der Waals surface area (Å²) in [6.07, 6.45) is 1.43. The normalized spacial score (nSPS) is 10.4. The van der Waals surface area contributed by atoms with Crippen LogP contribution in [0.2, 0.25) is 5.02 Å². The van der Waals surface area contributed by atoms with Crippen molar-refractivity contribution < 1.29 is 9.63 Å². The summed E-state index contributed by atoms with van der Waals surface area (Å²) >= 11 is 5.78. The molecule has 0 bridgehead atoms. The van der Waals surface area contributed by atoms with Gasteiger partial charge in [-0.3, -0.25) is 0 Å². The number of rotatable bonds is 1. The van der Waals surface area contributed by atoms with Gasteiger partial charge >= 0.3 is 0 Å². The Labute approximate surface area is 84.9 Å². The molecule has 1 heterocycles. The van der Waals surface area contributed by atoms with E-state index in [-0.39, 0.29) is 11.6 Å². The SMILES string of the molecule is Nc1oncc1-c1cc(Cl)ccc1O. The van der Waals surface area contributed by atoms with Gasteiger partial charge in [-0.1, -0.05) is 16.8 Å². The van der Waals surface area contributed by atoms with Crippen LogP contribution in [0.15, 0.2) is 28.9 Å². The van der Waals surface area contributed by atoms with Crippen LogP contribution in [0.5, 0.6) is 5.75 Å². The smallest absolute Gasteiger partial charge is 0.230 e. The van der Waals surface area contributed by atoms with Crippen molar-refractivity contribution in [3.05, 3.63) is 29.4 Å². The van der Waals surface area contributed by atoms with Crippen molar-refractivity contribution in [3.63, 3.8) is 0 Å². The van der Waals surface area contributed by atoms with Gasteiger partial charge in [0.2, 0.25) is 5.88 Å². The molecule has 0 unspecified atom stereocenters. The Morgan fingerprint density at radius 3 is 2.79 bits per heavy atom. The van der Waals surface area contributed by atoms with Crippen LogP contribution >= 0.6 is 11.6 Å². The average molecular weight is 211 g/mol. The van der Waals surface area contributed by atoms with Crippen molar-refractivity contribution >= 4 is 17.5 Å². The molecule has 2 rings (SSSR count). The van der Waals surface area contributed by atoms with Crippen molar-refractivity contribution in [2.24, 2.45) is 0 Å². The van der Waals surface area contributed by atoms with E-state index in [1.165, 1.54) is 12.3 Å².